The van der Waals surface area contributed by atoms with Gasteiger partial charge in [0.1, 0.15) is 0 Å². The lowest BCUT2D eigenvalue weighted by Crippen LogP contribution is -2.42. The van der Waals surface area contributed by atoms with Crippen molar-refractivity contribution in [2.75, 3.05) is 6.61 Å². The Kier molecular flexibility index (Phi) is 5.01. The standard InChI is InChI=1S/C18H23N3O4/c1-10-6-4-5-7-14(10)20-15(22)9-24-18(23)13-8-11(2)19-17-16(13)12(3)21-25-17/h8,10,14H,4-7,9H2,1-3H3,(H,20,22)/t10-,14+/m0/s1. The first-order valence-corrected chi connectivity index (χ1v) is 8.66. The minimum absolute atomic E-state index is 0.162. The monoisotopic (exact) mass is 345 g/mol. The molecule has 0 aliphatic heterocycles. The molecular formula is C18H23N3O4. The van der Waals surface area contributed by atoms with Crippen molar-refractivity contribution >= 4 is 23.0 Å². The van der Waals surface area contributed by atoms with Gasteiger partial charge in [-0.15, -0.1) is 0 Å². The second kappa shape index (κ2) is 7.21. The molecular weight excluding hydrogens is 322 g/mol. The van der Waals surface area contributed by atoms with Gasteiger partial charge in [0.05, 0.1) is 16.6 Å². The number of nitrogens with one attached hydrogen (secondary N) is 1. The van der Waals surface area contributed by atoms with Crippen LogP contribution in [0.2, 0.25) is 0 Å². The Bertz CT molecular complexity index is 799. The van der Waals surface area contributed by atoms with Gasteiger partial charge in [-0.1, -0.05) is 24.9 Å². The summed E-state index contributed by atoms with van der Waals surface area (Å²) in [7, 11) is 0. The molecule has 0 saturated heterocycles. The summed E-state index contributed by atoms with van der Waals surface area (Å²) in [5.41, 5.74) is 1.80. The van der Waals surface area contributed by atoms with Gasteiger partial charge in [0, 0.05) is 11.7 Å². The minimum atomic E-state index is -0.575. The van der Waals surface area contributed by atoms with Crippen molar-refractivity contribution in [3.8, 4) is 0 Å². The molecule has 1 fully saturated rings. The Hall–Kier alpha value is -2.44. The summed E-state index contributed by atoms with van der Waals surface area (Å²) in [5.74, 6) is -0.389. The van der Waals surface area contributed by atoms with Crippen LogP contribution < -0.4 is 5.32 Å². The number of rotatable bonds is 4. The molecule has 2 aromatic rings. The molecule has 2 heterocycles. The molecule has 7 heteroatoms. The van der Waals surface area contributed by atoms with E-state index in [1.165, 1.54) is 6.42 Å². The Morgan fingerprint density at radius 2 is 2.08 bits per heavy atom. The molecule has 134 valence electrons. The second-order valence-electron chi connectivity index (χ2n) is 6.77. The van der Waals surface area contributed by atoms with Crippen LogP contribution in [0.15, 0.2) is 10.6 Å². The van der Waals surface area contributed by atoms with Crippen LogP contribution in [0.25, 0.3) is 11.1 Å². The third-order valence-electron chi connectivity index (χ3n) is 4.76. The van der Waals surface area contributed by atoms with Crippen LogP contribution in [0, 0.1) is 19.8 Å². The fraction of sp³-hybridized carbons (Fsp3) is 0.556. The largest absolute Gasteiger partial charge is 0.452 e. The molecule has 0 aromatic carbocycles. The molecule has 1 saturated carbocycles. The minimum Gasteiger partial charge on any atom is -0.452 e. The van der Waals surface area contributed by atoms with Gasteiger partial charge in [0.15, 0.2) is 6.61 Å². The Labute approximate surface area is 146 Å². The molecule has 1 N–H and O–H groups in total. The lowest BCUT2D eigenvalue weighted by atomic mass is 9.86. The number of carbonyl (C=O) groups is 2. The maximum Gasteiger partial charge on any atom is 0.339 e. The topological polar surface area (TPSA) is 94.3 Å². The number of fused-ring (bicyclic) bond motifs is 1. The molecule has 7 nitrogen and oxygen atoms in total. The predicted molar refractivity (Wildman–Crippen MR) is 91.1 cm³/mol. The second-order valence-corrected chi connectivity index (χ2v) is 6.77. The highest BCUT2D eigenvalue weighted by molar-refractivity contribution is 6.03. The Balaban J connectivity index is 1.65. The molecule has 2 aromatic heterocycles. The van der Waals surface area contributed by atoms with E-state index >= 15 is 0 Å². The van der Waals surface area contributed by atoms with Crippen molar-refractivity contribution in [2.45, 2.75) is 52.5 Å². The van der Waals surface area contributed by atoms with Gasteiger partial charge >= 0.3 is 5.97 Å². The summed E-state index contributed by atoms with van der Waals surface area (Å²) >= 11 is 0. The zero-order chi connectivity index (χ0) is 18.0. The van der Waals surface area contributed by atoms with Crippen LogP contribution in [-0.2, 0) is 9.53 Å². The first-order chi connectivity index (χ1) is 12.0. The first-order valence-electron chi connectivity index (χ1n) is 8.66. The highest BCUT2D eigenvalue weighted by atomic mass is 16.5. The average Bonchev–Trinajstić information content (AvgIpc) is 2.95. The van der Waals surface area contributed by atoms with Gasteiger partial charge < -0.3 is 14.6 Å². The number of esters is 1. The third-order valence-corrected chi connectivity index (χ3v) is 4.76. The summed E-state index contributed by atoms with van der Waals surface area (Å²) in [6.45, 7) is 5.33. The van der Waals surface area contributed by atoms with Crippen molar-refractivity contribution in [1.29, 1.82) is 0 Å². The van der Waals surface area contributed by atoms with Gasteiger partial charge in [-0.05, 0) is 38.7 Å². The molecule has 2 atom stereocenters. The molecule has 25 heavy (non-hydrogen) atoms. The van der Waals surface area contributed by atoms with Gasteiger partial charge in [-0.25, -0.2) is 9.78 Å². The maximum atomic E-state index is 12.4. The number of aryl methyl sites for hydroxylation is 2. The van der Waals surface area contributed by atoms with Gasteiger partial charge in [-0.2, -0.15) is 0 Å². The normalized spacial score (nSPS) is 20.4. The zero-order valence-electron chi connectivity index (χ0n) is 14.8. The van der Waals surface area contributed by atoms with E-state index < -0.39 is 5.97 Å². The number of pyridine rings is 1. The summed E-state index contributed by atoms with van der Waals surface area (Å²) in [6.07, 6.45) is 4.42. The molecule has 1 aliphatic rings. The summed E-state index contributed by atoms with van der Waals surface area (Å²) < 4.78 is 10.3. The van der Waals surface area contributed by atoms with Crippen molar-refractivity contribution in [3.63, 3.8) is 0 Å². The predicted octanol–water partition coefficient (Wildman–Crippen LogP) is 2.69. The van der Waals surface area contributed by atoms with E-state index in [0.717, 1.165) is 19.3 Å². The number of aromatic nitrogens is 2. The molecule has 0 unspecified atom stereocenters. The fourth-order valence-corrected chi connectivity index (χ4v) is 3.37. The van der Waals surface area contributed by atoms with Crippen molar-refractivity contribution in [1.82, 2.24) is 15.5 Å². The molecule has 0 radical (unpaired) electrons. The van der Waals surface area contributed by atoms with Crippen LogP contribution in [0.5, 0.6) is 0 Å². The lowest BCUT2D eigenvalue weighted by molar-refractivity contribution is -0.125. The quantitative estimate of drug-likeness (QED) is 0.856. The molecule has 1 aliphatic carbocycles. The van der Waals surface area contributed by atoms with Crippen LogP contribution >= 0.6 is 0 Å². The average molecular weight is 345 g/mol. The molecule has 3 rings (SSSR count). The zero-order valence-corrected chi connectivity index (χ0v) is 14.8. The molecule has 1 amide bonds. The first kappa shape index (κ1) is 17.4. The number of nitrogens with zero attached hydrogens (tertiary/aromatic N) is 2. The van der Waals surface area contributed by atoms with Crippen molar-refractivity contribution < 1.29 is 18.8 Å². The number of amides is 1. The molecule has 0 bridgehead atoms. The summed E-state index contributed by atoms with van der Waals surface area (Å²) in [6, 6.07) is 1.78. The summed E-state index contributed by atoms with van der Waals surface area (Å²) in [5, 5.41) is 7.33. The number of carbonyl (C=O) groups excluding carboxylic acids is 2. The van der Waals surface area contributed by atoms with E-state index in [0.29, 0.717) is 34.0 Å². The number of ether oxygens (including phenoxy) is 1. The van der Waals surface area contributed by atoms with Gasteiger partial charge in [0.2, 0.25) is 0 Å². The third kappa shape index (κ3) is 3.81. The van der Waals surface area contributed by atoms with E-state index in [-0.39, 0.29) is 18.6 Å². The van der Waals surface area contributed by atoms with Crippen molar-refractivity contribution in [3.05, 3.63) is 23.0 Å². The lowest BCUT2D eigenvalue weighted by Gasteiger charge is -2.29. The van der Waals surface area contributed by atoms with E-state index in [2.05, 4.69) is 22.4 Å². The molecule has 0 spiro atoms. The highest BCUT2D eigenvalue weighted by Gasteiger charge is 2.24. The van der Waals surface area contributed by atoms with Crippen LogP contribution in [0.1, 0.15) is 54.4 Å². The Morgan fingerprint density at radius 3 is 2.84 bits per heavy atom. The number of hydrogen-bond acceptors (Lipinski definition) is 6. The fourth-order valence-electron chi connectivity index (χ4n) is 3.37. The van der Waals surface area contributed by atoms with Gasteiger partial charge in [0.25, 0.3) is 11.6 Å². The van der Waals surface area contributed by atoms with Crippen LogP contribution in [0.3, 0.4) is 0 Å². The van der Waals surface area contributed by atoms with Gasteiger partial charge in [-0.3, -0.25) is 4.79 Å². The summed E-state index contributed by atoms with van der Waals surface area (Å²) in [4.78, 5) is 28.7. The SMILES string of the molecule is Cc1cc(C(=O)OCC(=O)N[C@@H]2CCCC[C@@H]2C)c2c(C)noc2n1. The van der Waals surface area contributed by atoms with E-state index in [1.54, 1.807) is 19.9 Å². The van der Waals surface area contributed by atoms with Crippen molar-refractivity contribution in [2.24, 2.45) is 5.92 Å². The smallest absolute Gasteiger partial charge is 0.339 e. The Morgan fingerprint density at radius 1 is 1.32 bits per heavy atom. The van der Waals surface area contributed by atoms with E-state index in [4.69, 9.17) is 9.26 Å². The maximum absolute atomic E-state index is 12.4. The number of hydrogen-bond donors (Lipinski definition) is 1. The van der Waals surface area contributed by atoms with Crippen LogP contribution in [-0.4, -0.2) is 34.7 Å². The highest BCUT2D eigenvalue weighted by Crippen LogP contribution is 2.24. The van der Waals surface area contributed by atoms with Crippen LogP contribution in [0.4, 0.5) is 0 Å². The van der Waals surface area contributed by atoms with E-state index in [9.17, 15) is 9.59 Å². The van der Waals surface area contributed by atoms with E-state index in [1.807, 2.05) is 0 Å².